The molecule has 2 aromatic heterocycles. The van der Waals surface area contributed by atoms with E-state index in [4.69, 9.17) is 21.6 Å². The van der Waals surface area contributed by atoms with Crippen LogP contribution >= 0.6 is 11.6 Å². The number of amides is 1. The lowest BCUT2D eigenvalue weighted by Crippen LogP contribution is -2.59. The number of anilines is 2. The molecule has 0 spiro atoms. The Hall–Kier alpha value is -3.78. The van der Waals surface area contributed by atoms with Crippen molar-refractivity contribution in [1.82, 2.24) is 19.8 Å². The molecule has 1 aromatic carbocycles. The molecular weight excluding hydrogens is 539 g/mol. The summed E-state index contributed by atoms with van der Waals surface area (Å²) in [5.74, 6) is 1.18. The van der Waals surface area contributed by atoms with Gasteiger partial charge in [0.15, 0.2) is 0 Å². The maximum Gasteiger partial charge on any atom is 0.246 e. The minimum Gasteiger partial charge on any atom is -0.350 e. The van der Waals surface area contributed by atoms with Crippen molar-refractivity contribution in [1.29, 1.82) is 0 Å². The molecule has 41 heavy (non-hydrogen) atoms. The summed E-state index contributed by atoms with van der Waals surface area (Å²) in [5, 5.41) is 0.344. The Morgan fingerprint density at radius 3 is 2.56 bits per heavy atom. The van der Waals surface area contributed by atoms with Crippen molar-refractivity contribution >= 4 is 34.8 Å². The third-order valence-electron chi connectivity index (χ3n) is 8.12. The van der Waals surface area contributed by atoms with Crippen molar-refractivity contribution in [3.05, 3.63) is 82.4 Å². The number of rotatable bonds is 4. The highest BCUT2D eigenvalue weighted by molar-refractivity contribution is 6.33. The van der Waals surface area contributed by atoms with Crippen molar-refractivity contribution in [2.45, 2.75) is 59.5 Å². The van der Waals surface area contributed by atoms with Gasteiger partial charge in [-0.25, -0.2) is 14.4 Å². The highest BCUT2D eigenvalue weighted by Gasteiger charge is 2.37. The van der Waals surface area contributed by atoms with Crippen molar-refractivity contribution in [3.63, 3.8) is 0 Å². The molecule has 2 aliphatic heterocycles. The number of carbonyl (C=O) groups excluding carboxylic acids is 1. The van der Waals surface area contributed by atoms with E-state index in [0.29, 0.717) is 41.9 Å². The molecule has 0 bridgehead atoms. The molecule has 0 N–H and O–H groups in total. The Kier molecular flexibility index (Phi) is 7.88. The second-order valence-corrected chi connectivity index (χ2v) is 11.6. The molecule has 214 valence electrons. The number of aryl methyl sites for hydroxylation is 1. The first-order valence-electron chi connectivity index (χ1n) is 14.0. The lowest BCUT2D eigenvalue weighted by Gasteiger charge is -2.46. The Bertz CT molecular complexity index is 1550. The van der Waals surface area contributed by atoms with E-state index in [-0.39, 0.29) is 29.7 Å². The molecule has 7 nitrogen and oxygen atoms in total. The van der Waals surface area contributed by atoms with Gasteiger partial charge in [-0.05, 0) is 69.0 Å². The average Bonchev–Trinajstić information content (AvgIpc) is 2.94. The van der Waals surface area contributed by atoms with E-state index < -0.39 is 0 Å². The molecule has 2 unspecified atom stereocenters. The van der Waals surface area contributed by atoms with Crippen molar-refractivity contribution in [2.24, 2.45) is 4.99 Å². The number of benzene rings is 1. The molecule has 2 atom stereocenters. The van der Waals surface area contributed by atoms with Crippen molar-refractivity contribution in [3.8, 4) is 11.3 Å². The number of carbonyl (C=O) groups is 1. The lowest BCUT2D eigenvalue weighted by atomic mass is 9.97. The van der Waals surface area contributed by atoms with Gasteiger partial charge < -0.3 is 14.7 Å². The molecule has 2 aliphatic rings. The van der Waals surface area contributed by atoms with Crippen LogP contribution in [-0.4, -0.2) is 63.4 Å². The van der Waals surface area contributed by atoms with Gasteiger partial charge in [0.1, 0.15) is 24.1 Å². The highest BCUT2D eigenvalue weighted by atomic mass is 35.5. The van der Waals surface area contributed by atoms with E-state index in [2.05, 4.69) is 49.1 Å². The number of nitrogens with zero attached hydrogens (tertiary/aromatic N) is 6. The quantitative estimate of drug-likeness (QED) is 0.327. The van der Waals surface area contributed by atoms with Gasteiger partial charge in [0, 0.05) is 42.6 Å². The number of hydrogen-bond acceptors (Lipinski definition) is 6. The number of hydrogen-bond donors (Lipinski definition) is 0. The second kappa shape index (κ2) is 11.2. The molecule has 4 heterocycles. The third kappa shape index (κ3) is 5.10. The molecule has 3 aromatic rings. The van der Waals surface area contributed by atoms with Crippen LogP contribution in [0.1, 0.15) is 56.0 Å². The van der Waals surface area contributed by atoms with Crippen LogP contribution in [-0.2, 0) is 4.79 Å². The van der Waals surface area contributed by atoms with Crippen LogP contribution in [0.2, 0.25) is 5.02 Å². The van der Waals surface area contributed by atoms with E-state index in [9.17, 15) is 9.18 Å². The number of halogens is 2. The number of amidine groups is 1. The maximum absolute atomic E-state index is 15.0. The van der Waals surface area contributed by atoms with E-state index in [1.165, 1.54) is 12.1 Å². The van der Waals surface area contributed by atoms with Crippen LogP contribution in [0.15, 0.2) is 54.2 Å². The summed E-state index contributed by atoms with van der Waals surface area (Å²) in [6, 6.07) is 8.35. The summed E-state index contributed by atoms with van der Waals surface area (Å²) >= 11 is 6.86. The lowest BCUT2D eigenvalue weighted by molar-refractivity contribution is -0.130. The topological polar surface area (TPSA) is 64.9 Å². The maximum atomic E-state index is 15.0. The van der Waals surface area contributed by atoms with Gasteiger partial charge in [0.25, 0.3) is 0 Å². The van der Waals surface area contributed by atoms with E-state index in [1.54, 1.807) is 18.2 Å². The molecule has 5 rings (SSSR count). The van der Waals surface area contributed by atoms with Crippen LogP contribution in [0.25, 0.3) is 11.3 Å². The number of fused-ring (bicyclic) bond motifs is 1. The highest BCUT2D eigenvalue weighted by Crippen LogP contribution is 2.42. The largest absolute Gasteiger partial charge is 0.350 e. The van der Waals surface area contributed by atoms with E-state index in [1.807, 2.05) is 31.0 Å². The van der Waals surface area contributed by atoms with Gasteiger partial charge in [0.2, 0.25) is 5.91 Å². The average molecular weight is 575 g/mol. The van der Waals surface area contributed by atoms with E-state index in [0.717, 1.165) is 33.9 Å². The number of piperazine rings is 1. The molecule has 0 radical (unpaired) electrons. The monoisotopic (exact) mass is 574 g/mol. The van der Waals surface area contributed by atoms with Crippen LogP contribution in [0.5, 0.6) is 0 Å². The van der Waals surface area contributed by atoms with Gasteiger partial charge >= 0.3 is 0 Å². The Morgan fingerprint density at radius 1 is 1.15 bits per heavy atom. The molecular formula is C32H36ClFN6O. The first-order valence-corrected chi connectivity index (χ1v) is 14.3. The van der Waals surface area contributed by atoms with Gasteiger partial charge in [-0.1, -0.05) is 44.2 Å². The number of pyridine rings is 2. The van der Waals surface area contributed by atoms with Crippen molar-refractivity contribution in [2.75, 3.05) is 24.7 Å². The Balaban J connectivity index is 1.69. The number of aliphatic imine (C=N–C) groups is 1. The van der Waals surface area contributed by atoms with Gasteiger partial charge in [-0.2, -0.15) is 0 Å². The number of aromatic nitrogens is 2. The van der Waals surface area contributed by atoms with Crippen LogP contribution in [0.4, 0.5) is 15.9 Å². The molecule has 0 saturated carbocycles. The fourth-order valence-electron chi connectivity index (χ4n) is 5.74. The predicted molar refractivity (Wildman–Crippen MR) is 164 cm³/mol. The van der Waals surface area contributed by atoms with Crippen LogP contribution in [0.3, 0.4) is 0 Å². The van der Waals surface area contributed by atoms with Gasteiger partial charge in [0.05, 0.1) is 22.0 Å². The molecule has 1 saturated heterocycles. The zero-order valence-electron chi connectivity index (χ0n) is 24.4. The summed E-state index contributed by atoms with van der Waals surface area (Å²) in [6.07, 6.45) is 3.29. The summed E-state index contributed by atoms with van der Waals surface area (Å²) in [6.45, 7) is 17.6. The molecule has 0 aliphatic carbocycles. The fourth-order valence-corrected chi connectivity index (χ4v) is 6.00. The van der Waals surface area contributed by atoms with Crippen LogP contribution < -0.4 is 4.90 Å². The first kappa shape index (κ1) is 28.7. The summed E-state index contributed by atoms with van der Waals surface area (Å²) in [4.78, 5) is 33.5. The van der Waals surface area contributed by atoms with Gasteiger partial charge in [-0.3, -0.25) is 9.78 Å². The smallest absolute Gasteiger partial charge is 0.246 e. The van der Waals surface area contributed by atoms with E-state index >= 15 is 0 Å². The summed E-state index contributed by atoms with van der Waals surface area (Å²) in [5.41, 5.74) is 5.56. The molecule has 9 heteroatoms. The first-order chi connectivity index (χ1) is 19.5. The minimum absolute atomic E-state index is 0.00518. The predicted octanol–water partition coefficient (Wildman–Crippen LogP) is 6.64. The summed E-state index contributed by atoms with van der Waals surface area (Å²) < 4.78 is 15.0. The van der Waals surface area contributed by atoms with Crippen molar-refractivity contribution < 1.29 is 9.18 Å². The zero-order chi connectivity index (χ0) is 29.6. The normalized spacial score (nSPS) is 18.9. The standard InChI is InChI=1S/C32H36ClFN6O/c1-8-28(41)38-15-20(5)39(16-19(38)4)31-24-13-26(33)29(23-11-9-10-12-27(23)34)37-32(24)40(17-36-31)30-21(6)22(7)35-14-25(30)18(2)3/h8-14,18-20H,1,15-17H2,2-7H3. The second-order valence-electron chi connectivity index (χ2n) is 11.2. The molecule has 1 fully saturated rings. The van der Waals surface area contributed by atoms with Crippen LogP contribution in [0, 0.1) is 19.7 Å². The zero-order valence-corrected chi connectivity index (χ0v) is 25.2. The summed E-state index contributed by atoms with van der Waals surface area (Å²) in [7, 11) is 0. The fraction of sp³-hybridized carbons (Fsp3) is 0.375. The minimum atomic E-state index is -0.387. The van der Waals surface area contributed by atoms with Gasteiger partial charge in [-0.15, -0.1) is 0 Å². The Morgan fingerprint density at radius 2 is 1.88 bits per heavy atom. The molecule has 1 amide bonds. The Labute approximate surface area is 246 Å². The SMILES string of the molecule is C=CC(=O)N1CC(C)N(C2=NCN(c3c(C(C)C)cnc(C)c3C)c3nc(-c4ccccc4F)c(Cl)cc32)CC1C. The third-order valence-corrected chi connectivity index (χ3v) is 8.41.